The van der Waals surface area contributed by atoms with E-state index in [-0.39, 0.29) is 26.5 Å². The van der Waals surface area contributed by atoms with Crippen molar-refractivity contribution in [1.82, 2.24) is 28.1 Å². The van der Waals surface area contributed by atoms with E-state index in [4.69, 9.17) is 63.3 Å². The van der Waals surface area contributed by atoms with Crippen LogP contribution in [0, 0.1) is 37.6 Å². The molecule has 0 bridgehead atoms. The molecule has 19 nitrogen and oxygen atoms in total. The van der Waals surface area contributed by atoms with E-state index in [1.165, 1.54) is 56.3 Å². The number of anilines is 3. The van der Waals surface area contributed by atoms with Crippen LogP contribution in [0.5, 0.6) is 28.7 Å². The van der Waals surface area contributed by atoms with Crippen molar-refractivity contribution in [3.05, 3.63) is 161 Å². The topological polar surface area (TPSA) is 250 Å². The third-order valence-electron chi connectivity index (χ3n) is 9.33. The van der Waals surface area contributed by atoms with Crippen LogP contribution in [0.3, 0.4) is 0 Å². The fourth-order valence-electron chi connectivity index (χ4n) is 5.70. The van der Waals surface area contributed by atoms with Gasteiger partial charge in [-0.15, -0.1) is 0 Å². The van der Waals surface area contributed by atoms with E-state index in [2.05, 4.69) is 33.4 Å². The van der Waals surface area contributed by atoms with E-state index < -0.39 is 62.2 Å². The van der Waals surface area contributed by atoms with Crippen molar-refractivity contribution in [3.63, 3.8) is 0 Å². The summed E-state index contributed by atoms with van der Waals surface area (Å²) in [6, 6.07) is 18.1. The molecule has 0 radical (unpaired) electrons. The summed E-state index contributed by atoms with van der Waals surface area (Å²) < 4.78 is 139. The van der Waals surface area contributed by atoms with Gasteiger partial charge in [0, 0.05) is 87.2 Å². The molecule has 0 atom stereocenters. The van der Waals surface area contributed by atoms with Crippen LogP contribution in [0.15, 0.2) is 108 Å². The second-order valence-corrected chi connectivity index (χ2v) is 21.7. The molecule has 3 aromatic heterocycles. The van der Waals surface area contributed by atoms with Crippen LogP contribution in [0.4, 0.5) is 33.0 Å². The second-order valence-electron chi connectivity index (χ2n) is 14.2. The molecule has 3 heterocycles. The molecule has 422 valence electrons. The lowest BCUT2D eigenvalue weighted by molar-refractivity contribution is 0.112. The molecule has 0 spiro atoms. The Hall–Kier alpha value is -6.66. The van der Waals surface area contributed by atoms with Gasteiger partial charge in [-0.1, -0.05) is 36.7 Å². The van der Waals surface area contributed by atoms with Crippen molar-refractivity contribution in [2.45, 2.75) is 37.2 Å². The van der Waals surface area contributed by atoms with Gasteiger partial charge in [-0.25, -0.2) is 53.7 Å². The van der Waals surface area contributed by atoms with Crippen LogP contribution in [-0.2, 0) is 32.2 Å². The molecule has 0 fully saturated rings. The van der Waals surface area contributed by atoms with Gasteiger partial charge < -0.3 is 42.2 Å². The summed E-state index contributed by atoms with van der Waals surface area (Å²) in [6.45, 7) is 2.35. The normalized spacial score (nSPS) is 10.3. The van der Waals surface area contributed by atoms with Gasteiger partial charge in [-0.3, -0.25) is 4.79 Å². The minimum atomic E-state index is -4.50. The summed E-state index contributed by atoms with van der Waals surface area (Å²) >= 11 is 14.2. The quantitative estimate of drug-likeness (QED) is 0.0318. The zero-order chi connectivity index (χ0) is 56.2. The summed E-state index contributed by atoms with van der Waals surface area (Å²) in [4.78, 5) is 20.4. The number of rotatable bonds is 15. The number of methoxy groups -OCH3 is 5. The number of nitrogens with one attached hydrogen (secondary N) is 1. The minimum Gasteiger partial charge on any atom is -0.497 e. The van der Waals surface area contributed by atoms with Gasteiger partial charge in [0.05, 0.1) is 57.7 Å². The number of hydrogen-bond donors (Lipinski definition) is 2. The number of benzene rings is 5. The Labute approximate surface area is 474 Å². The molecule has 0 amide bonds. The minimum absolute atomic E-state index is 0. The number of sulfonamides is 1. The Morgan fingerprint density at radius 1 is 0.641 bits per heavy atom. The number of halogens is 7. The standard InChI is InChI=1S/C17H14ClF2N3O4S2.C11H13N3O2S.C9H10O2.C6H2Cl2F2O2S.C2H3N3S.CH4.CH3/c1-26-11-4-3-10(15(5-11)27-2)8-23(17-21-9-22-28-17)29(24,25)16-6-12(18)13(19)7-14(16)20;1-15-9-4-3-8(10(5-9)16-2)6-12-11-13-7-14-17-11;1-7-3-4-8(6-10)9(5-7)11-2;7-3-1-6(13(8,11)12)5(10)2-4(3)9;3-2-4-1-5-6-2;;/h3-7,9H,8H2,1-2H3;3-5,7H,6H2,1-2H3,(H,12,13,14);3-6H,1-2H3;1-2H;1H,(H2,3,4,5);1H4;1H3/q;;;;;;-1. The fourth-order valence-corrected chi connectivity index (χ4v) is 9.99. The van der Waals surface area contributed by atoms with E-state index >= 15 is 0 Å². The van der Waals surface area contributed by atoms with Crippen molar-refractivity contribution in [2.24, 2.45) is 0 Å². The highest BCUT2D eigenvalue weighted by molar-refractivity contribution is 8.13. The van der Waals surface area contributed by atoms with Gasteiger partial charge in [-0.05, 0) is 61.0 Å². The fraction of sp³-hybridized carbons (Fsp3) is 0.191. The third kappa shape index (κ3) is 19.7. The summed E-state index contributed by atoms with van der Waals surface area (Å²) in [5, 5.41) is 3.46. The maximum absolute atomic E-state index is 14.3. The molecule has 0 saturated heterocycles. The smallest absolute Gasteiger partial charge is 0.269 e. The van der Waals surface area contributed by atoms with Crippen molar-refractivity contribution in [2.75, 3.05) is 50.9 Å². The Kier molecular flexibility index (Phi) is 27.9. The summed E-state index contributed by atoms with van der Waals surface area (Å²) in [6.07, 6.45) is 4.91. The highest BCUT2D eigenvalue weighted by Gasteiger charge is 2.32. The lowest BCUT2D eigenvalue weighted by atomic mass is 10.1. The van der Waals surface area contributed by atoms with E-state index in [1.54, 1.807) is 45.6 Å². The van der Waals surface area contributed by atoms with Gasteiger partial charge in [0.1, 0.15) is 80.8 Å². The number of ether oxygens (including phenoxy) is 5. The van der Waals surface area contributed by atoms with Crippen molar-refractivity contribution in [3.8, 4) is 28.7 Å². The Morgan fingerprint density at radius 3 is 1.62 bits per heavy atom. The van der Waals surface area contributed by atoms with E-state index in [0.717, 1.165) is 55.9 Å². The highest BCUT2D eigenvalue weighted by Crippen LogP contribution is 2.34. The number of carbonyl (C=O) groups is 1. The molecule has 0 saturated carbocycles. The molecule has 0 unspecified atom stereocenters. The first-order valence-electron chi connectivity index (χ1n) is 20.7. The van der Waals surface area contributed by atoms with Gasteiger partial charge >= 0.3 is 0 Å². The number of aldehydes is 1. The van der Waals surface area contributed by atoms with Crippen LogP contribution >= 0.6 is 68.5 Å². The lowest BCUT2D eigenvalue weighted by Gasteiger charge is -2.23. The van der Waals surface area contributed by atoms with Crippen LogP contribution in [0.1, 0.15) is 34.5 Å². The largest absolute Gasteiger partial charge is 0.497 e. The van der Waals surface area contributed by atoms with Crippen molar-refractivity contribution < 1.29 is 62.9 Å². The molecule has 3 N–H and O–H groups in total. The van der Waals surface area contributed by atoms with Crippen LogP contribution in [0.2, 0.25) is 10.0 Å². The molecular formula is C47H49Cl3F4N9O10S5-. The first-order valence-corrected chi connectivity index (χ1v) is 27.5. The number of nitrogens with two attached hydrogens (primary N) is 1. The summed E-state index contributed by atoms with van der Waals surface area (Å²) in [7, 11) is 3.84. The second kappa shape index (κ2) is 32.3. The first-order chi connectivity index (χ1) is 36.1. The van der Waals surface area contributed by atoms with Gasteiger partial charge in [0.15, 0.2) is 11.4 Å². The zero-order valence-electron chi connectivity index (χ0n) is 41.2. The predicted octanol–water partition coefficient (Wildman–Crippen LogP) is 11.6. The molecule has 0 aliphatic rings. The van der Waals surface area contributed by atoms with Crippen LogP contribution in [-0.4, -0.2) is 86.7 Å². The maximum Gasteiger partial charge on any atom is 0.269 e. The molecule has 0 aliphatic heterocycles. The number of carbonyl (C=O) groups excluding carboxylic acids is 1. The van der Waals surface area contributed by atoms with Gasteiger partial charge in [0.25, 0.3) is 19.1 Å². The zero-order valence-corrected chi connectivity index (χ0v) is 47.6. The summed E-state index contributed by atoms with van der Waals surface area (Å²) in [5.74, 6) is -1.58. The molecule has 8 rings (SSSR count). The predicted molar refractivity (Wildman–Crippen MR) is 296 cm³/mol. The Morgan fingerprint density at radius 2 is 1.15 bits per heavy atom. The number of aryl methyl sites for hydroxylation is 1. The molecule has 31 heteroatoms. The van der Waals surface area contributed by atoms with E-state index in [1.807, 2.05) is 37.3 Å². The molecule has 78 heavy (non-hydrogen) atoms. The number of nitrogen functional groups attached to an aromatic ring is 1. The van der Waals surface area contributed by atoms with Crippen molar-refractivity contribution in [1.29, 1.82) is 0 Å². The van der Waals surface area contributed by atoms with E-state index in [0.29, 0.717) is 58.3 Å². The maximum atomic E-state index is 14.3. The number of nitrogens with zero attached hydrogens (tertiary/aromatic N) is 7. The number of hydrogen-bond acceptors (Lipinski definition) is 21. The molecular weight excluding hydrogens is 1190 g/mol. The Balaban J connectivity index is 0.000000362. The van der Waals surface area contributed by atoms with Gasteiger partial charge in [0.2, 0.25) is 10.3 Å². The number of aromatic nitrogens is 6. The summed E-state index contributed by atoms with van der Waals surface area (Å²) in [5.41, 5.74) is 8.31. The van der Waals surface area contributed by atoms with E-state index in [9.17, 15) is 39.2 Å². The molecule has 8 aromatic rings. The average Bonchev–Trinajstić information content (AvgIpc) is 4.24. The monoisotopic (exact) mass is 1240 g/mol. The average molecular weight is 1240 g/mol. The van der Waals surface area contributed by atoms with Gasteiger partial charge in [-0.2, -0.15) is 13.1 Å². The van der Waals surface area contributed by atoms with Crippen LogP contribution in [0.25, 0.3) is 0 Å². The lowest BCUT2D eigenvalue weighted by Crippen LogP contribution is -2.31. The highest BCUT2D eigenvalue weighted by atomic mass is 35.7. The first kappa shape index (κ1) is 67.4. The molecule has 5 aromatic carbocycles. The van der Waals surface area contributed by atoms with Crippen molar-refractivity contribution >= 4 is 109 Å². The third-order valence-corrected chi connectivity index (χ3v) is 14.9. The molecule has 0 aliphatic carbocycles. The SMILES string of the molecule is C.COc1cc(C)ccc1C=O.COc1ccc(CN(c2ncns2)S(=O)(=O)c2cc(Cl)c(F)cc2F)c(OC)c1.COc1ccc(CNc2ncns2)c(OC)c1.Nc1ncns1.O=S(=O)(Cl)c1cc(Cl)c(F)cc1F.[CH3-]. The van der Waals surface area contributed by atoms with Crippen LogP contribution < -0.4 is 39.0 Å². The Bertz CT molecular complexity index is 3380.